The van der Waals surface area contributed by atoms with Crippen LogP contribution in [0.15, 0.2) is 29.2 Å². The summed E-state index contributed by atoms with van der Waals surface area (Å²) in [4.78, 5) is 12.1. The number of rotatable bonds is 5. The number of thiocarbonyl (C=S) groups is 1. The van der Waals surface area contributed by atoms with Gasteiger partial charge in [-0.1, -0.05) is 12.1 Å². The first-order valence-corrected chi connectivity index (χ1v) is 6.84. The molecule has 0 aromatic heterocycles. The van der Waals surface area contributed by atoms with E-state index in [1.165, 1.54) is 7.11 Å². The summed E-state index contributed by atoms with van der Waals surface area (Å²) in [5.41, 5.74) is 0.937. The maximum Gasteiger partial charge on any atom is 0.306 e. The normalized spacial score (nSPS) is 9.67. The molecule has 0 saturated heterocycles. The molecule has 0 spiro atoms. The van der Waals surface area contributed by atoms with Gasteiger partial charge in [-0.05, 0) is 24.4 Å². The number of anilines is 1. The van der Waals surface area contributed by atoms with Crippen LogP contribution < -0.4 is 10.6 Å². The quantitative estimate of drug-likeness (QED) is 0.491. The lowest BCUT2D eigenvalue weighted by atomic mass is 10.3. The van der Waals surface area contributed by atoms with Crippen LogP contribution >= 0.6 is 24.0 Å². The first-order chi connectivity index (χ1) is 8.67. The van der Waals surface area contributed by atoms with Crippen molar-refractivity contribution in [1.29, 1.82) is 0 Å². The molecule has 0 radical (unpaired) electrons. The van der Waals surface area contributed by atoms with Crippen LogP contribution in [0.5, 0.6) is 0 Å². The number of esters is 1. The maximum absolute atomic E-state index is 11.0. The van der Waals surface area contributed by atoms with Crippen LogP contribution in [0.25, 0.3) is 0 Å². The first-order valence-electron chi connectivity index (χ1n) is 5.44. The van der Waals surface area contributed by atoms with E-state index >= 15 is 0 Å². The molecule has 0 aliphatic carbocycles. The standard InChI is InChI=1S/C12H16N2O2S2/c1-13-12(17)14-9-5-3-4-6-10(9)18-8-7-11(15)16-2/h3-6H,7-8H2,1-2H3,(H2,13,14,17). The lowest BCUT2D eigenvalue weighted by Gasteiger charge is -2.11. The monoisotopic (exact) mass is 284 g/mol. The van der Waals surface area contributed by atoms with Crippen LogP contribution in [-0.4, -0.2) is 31.0 Å². The summed E-state index contributed by atoms with van der Waals surface area (Å²) in [5.74, 6) is 0.483. The second kappa shape index (κ2) is 7.94. The average molecular weight is 284 g/mol. The number of thioether (sulfide) groups is 1. The predicted molar refractivity (Wildman–Crippen MR) is 79.1 cm³/mol. The predicted octanol–water partition coefficient (Wildman–Crippen LogP) is 2.26. The number of nitrogens with one attached hydrogen (secondary N) is 2. The van der Waals surface area contributed by atoms with E-state index in [0.717, 1.165) is 10.6 Å². The van der Waals surface area contributed by atoms with Gasteiger partial charge in [0.15, 0.2) is 5.11 Å². The first kappa shape index (κ1) is 14.8. The van der Waals surface area contributed by atoms with E-state index in [2.05, 4.69) is 15.4 Å². The molecule has 1 aromatic carbocycles. The minimum absolute atomic E-state index is 0.196. The van der Waals surface area contributed by atoms with E-state index in [1.54, 1.807) is 18.8 Å². The minimum atomic E-state index is -0.196. The van der Waals surface area contributed by atoms with Crippen molar-refractivity contribution < 1.29 is 9.53 Å². The largest absolute Gasteiger partial charge is 0.469 e. The van der Waals surface area contributed by atoms with Crippen molar-refractivity contribution in [3.05, 3.63) is 24.3 Å². The highest BCUT2D eigenvalue weighted by Gasteiger charge is 2.05. The Labute approximate surface area is 116 Å². The zero-order valence-corrected chi connectivity index (χ0v) is 12.0. The van der Waals surface area contributed by atoms with Gasteiger partial charge in [0.05, 0.1) is 19.2 Å². The van der Waals surface area contributed by atoms with Crippen LogP contribution in [0.2, 0.25) is 0 Å². The fourth-order valence-electron chi connectivity index (χ4n) is 1.23. The number of para-hydroxylation sites is 1. The Bertz CT molecular complexity index is 424. The number of carbonyl (C=O) groups excluding carboxylic acids is 1. The molecule has 6 heteroatoms. The molecule has 1 rings (SSSR count). The Morgan fingerprint density at radius 2 is 2.17 bits per heavy atom. The molecular weight excluding hydrogens is 268 g/mol. The second-order valence-corrected chi connectivity index (χ2v) is 4.92. The molecule has 0 bridgehead atoms. The van der Waals surface area contributed by atoms with E-state index in [4.69, 9.17) is 12.2 Å². The van der Waals surface area contributed by atoms with Gasteiger partial charge in [-0.2, -0.15) is 0 Å². The fraction of sp³-hybridized carbons (Fsp3) is 0.333. The van der Waals surface area contributed by atoms with Crippen molar-refractivity contribution in [2.75, 3.05) is 25.2 Å². The smallest absolute Gasteiger partial charge is 0.306 e. The third-order valence-electron chi connectivity index (χ3n) is 2.15. The summed E-state index contributed by atoms with van der Waals surface area (Å²) in [6.45, 7) is 0. The fourth-order valence-corrected chi connectivity index (χ4v) is 2.27. The lowest BCUT2D eigenvalue weighted by molar-refractivity contribution is -0.140. The number of methoxy groups -OCH3 is 1. The molecule has 0 saturated carbocycles. The SMILES string of the molecule is CNC(=S)Nc1ccccc1SCCC(=O)OC. The van der Waals surface area contributed by atoms with Crippen LogP contribution in [0.1, 0.15) is 6.42 Å². The van der Waals surface area contributed by atoms with Gasteiger partial charge in [0, 0.05) is 17.7 Å². The van der Waals surface area contributed by atoms with Crippen LogP contribution in [0, 0.1) is 0 Å². The molecule has 0 atom stereocenters. The topological polar surface area (TPSA) is 50.4 Å². The van der Waals surface area contributed by atoms with Crippen LogP contribution in [0.3, 0.4) is 0 Å². The third kappa shape index (κ3) is 4.93. The van der Waals surface area contributed by atoms with E-state index in [0.29, 0.717) is 17.3 Å². The number of carbonyl (C=O) groups is 1. The van der Waals surface area contributed by atoms with E-state index in [9.17, 15) is 4.79 Å². The van der Waals surface area contributed by atoms with Gasteiger partial charge in [-0.15, -0.1) is 11.8 Å². The molecular formula is C12H16N2O2S2. The van der Waals surface area contributed by atoms with E-state index in [-0.39, 0.29) is 5.97 Å². The Hall–Kier alpha value is -1.27. The molecule has 0 amide bonds. The highest BCUT2D eigenvalue weighted by Crippen LogP contribution is 2.27. The molecule has 0 aliphatic heterocycles. The van der Waals surface area contributed by atoms with Crippen molar-refractivity contribution in [3.63, 3.8) is 0 Å². The van der Waals surface area contributed by atoms with Crippen LogP contribution in [0.4, 0.5) is 5.69 Å². The van der Waals surface area contributed by atoms with Crippen molar-refractivity contribution in [2.45, 2.75) is 11.3 Å². The van der Waals surface area contributed by atoms with Gasteiger partial charge < -0.3 is 15.4 Å². The highest BCUT2D eigenvalue weighted by atomic mass is 32.2. The molecule has 0 fully saturated rings. The third-order valence-corrected chi connectivity index (χ3v) is 3.54. The zero-order chi connectivity index (χ0) is 13.4. The zero-order valence-electron chi connectivity index (χ0n) is 10.4. The summed E-state index contributed by atoms with van der Waals surface area (Å²) < 4.78 is 4.60. The summed E-state index contributed by atoms with van der Waals surface area (Å²) in [6.07, 6.45) is 0.395. The summed E-state index contributed by atoms with van der Waals surface area (Å²) in [6, 6.07) is 7.83. The van der Waals surface area contributed by atoms with E-state index < -0.39 is 0 Å². The average Bonchev–Trinajstić information content (AvgIpc) is 2.40. The molecule has 98 valence electrons. The Morgan fingerprint density at radius 3 is 2.83 bits per heavy atom. The van der Waals surface area contributed by atoms with Gasteiger partial charge >= 0.3 is 5.97 Å². The summed E-state index contributed by atoms with van der Waals surface area (Å²) >= 11 is 6.66. The van der Waals surface area contributed by atoms with Gasteiger partial charge in [0.1, 0.15) is 0 Å². The Balaban J connectivity index is 2.59. The number of hydrogen-bond donors (Lipinski definition) is 2. The highest BCUT2D eigenvalue weighted by molar-refractivity contribution is 7.99. The summed E-state index contributed by atoms with van der Waals surface area (Å²) in [5, 5.41) is 6.52. The summed E-state index contributed by atoms with van der Waals surface area (Å²) in [7, 11) is 3.16. The van der Waals surface area contributed by atoms with Crippen molar-refractivity contribution in [3.8, 4) is 0 Å². The van der Waals surface area contributed by atoms with Gasteiger partial charge in [0.25, 0.3) is 0 Å². The molecule has 4 nitrogen and oxygen atoms in total. The van der Waals surface area contributed by atoms with Gasteiger partial charge in [0.2, 0.25) is 0 Å². The maximum atomic E-state index is 11.0. The molecule has 1 aromatic rings. The molecule has 2 N–H and O–H groups in total. The number of ether oxygens (including phenoxy) is 1. The van der Waals surface area contributed by atoms with Gasteiger partial charge in [-0.25, -0.2) is 0 Å². The van der Waals surface area contributed by atoms with Gasteiger partial charge in [-0.3, -0.25) is 4.79 Å². The minimum Gasteiger partial charge on any atom is -0.469 e. The molecule has 0 aliphatic rings. The second-order valence-electron chi connectivity index (χ2n) is 3.37. The Morgan fingerprint density at radius 1 is 1.44 bits per heavy atom. The number of benzene rings is 1. The lowest BCUT2D eigenvalue weighted by Crippen LogP contribution is -2.24. The molecule has 0 heterocycles. The number of hydrogen-bond acceptors (Lipinski definition) is 4. The van der Waals surface area contributed by atoms with Crippen molar-refractivity contribution in [2.24, 2.45) is 0 Å². The van der Waals surface area contributed by atoms with E-state index in [1.807, 2.05) is 24.3 Å². The Kier molecular flexibility index (Phi) is 6.53. The van der Waals surface area contributed by atoms with Crippen molar-refractivity contribution in [1.82, 2.24) is 5.32 Å². The molecule has 0 unspecified atom stereocenters. The van der Waals surface area contributed by atoms with Crippen molar-refractivity contribution >= 4 is 40.7 Å². The molecule has 18 heavy (non-hydrogen) atoms. The van der Waals surface area contributed by atoms with Crippen LogP contribution in [-0.2, 0) is 9.53 Å².